The van der Waals surface area contributed by atoms with E-state index in [0.717, 1.165) is 19.5 Å². The van der Waals surface area contributed by atoms with E-state index in [2.05, 4.69) is 5.32 Å². The number of rotatable bonds is 2. The summed E-state index contributed by atoms with van der Waals surface area (Å²) in [7, 11) is 3.48. The van der Waals surface area contributed by atoms with Crippen LogP contribution in [0, 0.1) is 0 Å². The van der Waals surface area contributed by atoms with Crippen molar-refractivity contribution >= 4 is 12.4 Å². The van der Waals surface area contributed by atoms with Crippen LogP contribution < -0.4 is 5.32 Å². The van der Waals surface area contributed by atoms with Crippen LogP contribution >= 0.6 is 12.4 Å². The molecule has 1 heterocycles. The first-order valence-corrected chi connectivity index (χ1v) is 3.63. The summed E-state index contributed by atoms with van der Waals surface area (Å²) in [5.41, 5.74) is 0. The second-order valence-corrected chi connectivity index (χ2v) is 2.61. The van der Waals surface area contributed by atoms with E-state index in [-0.39, 0.29) is 12.4 Å². The summed E-state index contributed by atoms with van der Waals surface area (Å²) in [5.74, 6) is 0. The van der Waals surface area contributed by atoms with Gasteiger partial charge in [0, 0.05) is 33.7 Å². The summed E-state index contributed by atoms with van der Waals surface area (Å²) in [6.07, 6.45) is 1.68. The third-order valence-corrected chi connectivity index (χ3v) is 1.94. The van der Waals surface area contributed by atoms with Crippen molar-refractivity contribution in [2.24, 2.45) is 0 Å². The molecule has 0 unspecified atom stereocenters. The number of hydrogen-bond acceptors (Lipinski definition) is 3. The van der Waals surface area contributed by atoms with E-state index >= 15 is 0 Å². The van der Waals surface area contributed by atoms with Crippen molar-refractivity contribution < 1.29 is 9.47 Å². The van der Waals surface area contributed by atoms with Gasteiger partial charge in [0.2, 0.25) is 0 Å². The first-order chi connectivity index (χ1) is 4.86. The predicted molar refractivity (Wildman–Crippen MR) is 46.3 cm³/mol. The van der Waals surface area contributed by atoms with E-state index in [0.29, 0.717) is 12.2 Å². The quantitative estimate of drug-likeness (QED) is 0.671. The molecule has 0 amide bonds. The van der Waals surface area contributed by atoms with Crippen molar-refractivity contribution in [3.63, 3.8) is 0 Å². The minimum absolute atomic E-state index is 0. The summed E-state index contributed by atoms with van der Waals surface area (Å²) in [6.45, 7) is 1.91. The molecule has 0 aromatic heterocycles. The SMILES string of the molecule is CO[C@H]1CNC[C@H](OC)C1.Cl. The largest absolute Gasteiger partial charge is 0.380 e. The van der Waals surface area contributed by atoms with Crippen LogP contribution in [0.15, 0.2) is 0 Å². The molecule has 68 valence electrons. The van der Waals surface area contributed by atoms with Crippen LogP contribution in [0.25, 0.3) is 0 Å². The Hall–Kier alpha value is 0.170. The van der Waals surface area contributed by atoms with Gasteiger partial charge in [-0.2, -0.15) is 0 Å². The van der Waals surface area contributed by atoms with Gasteiger partial charge >= 0.3 is 0 Å². The highest BCUT2D eigenvalue weighted by molar-refractivity contribution is 5.85. The van der Waals surface area contributed by atoms with E-state index in [1.807, 2.05) is 0 Å². The monoisotopic (exact) mass is 181 g/mol. The molecule has 0 bridgehead atoms. The lowest BCUT2D eigenvalue weighted by molar-refractivity contribution is 0.00126. The number of piperidine rings is 1. The van der Waals surface area contributed by atoms with Crippen LogP contribution in [0.2, 0.25) is 0 Å². The second-order valence-electron chi connectivity index (χ2n) is 2.61. The van der Waals surface area contributed by atoms with Gasteiger partial charge < -0.3 is 14.8 Å². The lowest BCUT2D eigenvalue weighted by atomic mass is 10.1. The molecule has 1 N–H and O–H groups in total. The van der Waals surface area contributed by atoms with Crippen molar-refractivity contribution in [2.45, 2.75) is 18.6 Å². The van der Waals surface area contributed by atoms with Gasteiger partial charge in [-0.05, 0) is 0 Å². The fraction of sp³-hybridized carbons (Fsp3) is 1.00. The number of halogens is 1. The Morgan fingerprint density at radius 2 is 1.55 bits per heavy atom. The maximum atomic E-state index is 5.18. The summed E-state index contributed by atoms with van der Waals surface area (Å²) in [6, 6.07) is 0. The minimum atomic E-state index is 0. The third kappa shape index (κ3) is 3.38. The molecule has 0 radical (unpaired) electrons. The number of hydrogen-bond donors (Lipinski definition) is 1. The molecule has 1 saturated heterocycles. The topological polar surface area (TPSA) is 30.5 Å². The van der Waals surface area contributed by atoms with Crippen LogP contribution in [0.3, 0.4) is 0 Å². The lowest BCUT2D eigenvalue weighted by Crippen LogP contribution is -2.43. The Labute approximate surface area is 73.9 Å². The van der Waals surface area contributed by atoms with Crippen LogP contribution in [0.5, 0.6) is 0 Å². The molecule has 0 aromatic carbocycles. The normalized spacial score (nSPS) is 31.1. The Bertz CT molecular complexity index is 92.4. The van der Waals surface area contributed by atoms with Gasteiger partial charge in [-0.1, -0.05) is 0 Å². The van der Waals surface area contributed by atoms with Crippen molar-refractivity contribution in [3.05, 3.63) is 0 Å². The van der Waals surface area contributed by atoms with E-state index in [9.17, 15) is 0 Å². The molecule has 0 aliphatic carbocycles. The van der Waals surface area contributed by atoms with Gasteiger partial charge in [-0.3, -0.25) is 0 Å². The van der Waals surface area contributed by atoms with Gasteiger partial charge in [0.15, 0.2) is 0 Å². The van der Waals surface area contributed by atoms with E-state index in [1.54, 1.807) is 14.2 Å². The Balaban J connectivity index is 0.000001000. The van der Waals surface area contributed by atoms with Crippen LogP contribution in [0.1, 0.15) is 6.42 Å². The van der Waals surface area contributed by atoms with E-state index in [4.69, 9.17) is 9.47 Å². The van der Waals surface area contributed by atoms with Crippen LogP contribution in [-0.2, 0) is 9.47 Å². The summed E-state index contributed by atoms with van der Waals surface area (Å²) in [5, 5.41) is 3.24. The molecular formula is C7H16ClNO2. The van der Waals surface area contributed by atoms with Gasteiger partial charge in [-0.25, -0.2) is 0 Å². The predicted octanol–water partition coefficient (Wildman–Crippen LogP) is 0.432. The average molecular weight is 182 g/mol. The van der Waals surface area contributed by atoms with E-state index in [1.165, 1.54) is 0 Å². The minimum Gasteiger partial charge on any atom is -0.380 e. The molecule has 1 aliphatic heterocycles. The molecule has 1 aliphatic rings. The fourth-order valence-corrected chi connectivity index (χ4v) is 1.22. The second kappa shape index (κ2) is 5.77. The first-order valence-electron chi connectivity index (χ1n) is 3.63. The maximum absolute atomic E-state index is 5.18. The van der Waals surface area contributed by atoms with Crippen molar-refractivity contribution in [3.8, 4) is 0 Å². The zero-order chi connectivity index (χ0) is 7.40. The molecule has 4 heteroatoms. The van der Waals surface area contributed by atoms with Crippen LogP contribution in [0.4, 0.5) is 0 Å². The average Bonchev–Trinajstić information content (AvgIpc) is 2.05. The lowest BCUT2D eigenvalue weighted by Gasteiger charge is -2.27. The molecule has 0 aromatic rings. The highest BCUT2D eigenvalue weighted by atomic mass is 35.5. The number of nitrogens with one attached hydrogen (secondary N) is 1. The molecule has 11 heavy (non-hydrogen) atoms. The molecule has 3 nitrogen and oxygen atoms in total. The highest BCUT2D eigenvalue weighted by Crippen LogP contribution is 2.07. The smallest absolute Gasteiger partial charge is 0.0720 e. The molecular weight excluding hydrogens is 166 g/mol. The molecule has 2 atom stereocenters. The van der Waals surface area contributed by atoms with Gasteiger partial charge in [0.05, 0.1) is 12.2 Å². The van der Waals surface area contributed by atoms with Crippen molar-refractivity contribution in [1.29, 1.82) is 0 Å². The number of methoxy groups -OCH3 is 2. The number of ether oxygens (including phenoxy) is 2. The van der Waals surface area contributed by atoms with Gasteiger partial charge in [0.25, 0.3) is 0 Å². The van der Waals surface area contributed by atoms with E-state index < -0.39 is 0 Å². The van der Waals surface area contributed by atoms with Crippen molar-refractivity contribution in [1.82, 2.24) is 5.32 Å². The standard InChI is InChI=1S/C7H15NO2.ClH/c1-9-6-3-7(10-2)5-8-4-6;/h6-8H,3-5H2,1-2H3;1H/t6-,7-;/m1./s1. The third-order valence-electron chi connectivity index (χ3n) is 1.94. The first kappa shape index (κ1) is 11.2. The highest BCUT2D eigenvalue weighted by Gasteiger charge is 2.20. The Morgan fingerprint density at radius 1 is 1.09 bits per heavy atom. The summed E-state index contributed by atoms with van der Waals surface area (Å²) in [4.78, 5) is 0. The molecule has 0 saturated carbocycles. The zero-order valence-electron chi connectivity index (χ0n) is 7.00. The summed E-state index contributed by atoms with van der Waals surface area (Å²) >= 11 is 0. The maximum Gasteiger partial charge on any atom is 0.0720 e. The molecule has 0 spiro atoms. The molecule has 1 rings (SSSR count). The Kier molecular flexibility index (Phi) is 5.86. The Morgan fingerprint density at radius 3 is 1.91 bits per heavy atom. The molecule has 1 fully saturated rings. The zero-order valence-corrected chi connectivity index (χ0v) is 7.82. The van der Waals surface area contributed by atoms with Gasteiger partial charge in [0.1, 0.15) is 0 Å². The fourth-order valence-electron chi connectivity index (χ4n) is 1.22. The van der Waals surface area contributed by atoms with Crippen molar-refractivity contribution in [2.75, 3.05) is 27.3 Å². The summed E-state index contributed by atoms with van der Waals surface area (Å²) < 4.78 is 10.4. The van der Waals surface area contributed by atoms with Crippen LogP contribution in [-0.4, -0.2) is 39.5 Å². The van der Waals surface area contributed by atoms with Gasteiger partial charge in [-0.15, -0.1) is 12.4 Å².